The molecule has 0 saturated carbocycles. The van der Waals surface area contributed by atoms with Crippen LogP contribution in [0.1, 0.15) is 40.5 Å². The molecule has 0 radical (unpaired) electrons. The molecular formula is C34H52N6O11S2. The molecular weight excluding hydrogens is 733 g/mol. The zero-order valence-electron chi connectivity index (χ0n) is 31.1. The van der Waals surface area contributed by atoms with Gasteiger partial charge in [0.1, 0.15) is 23.2 Å². The predicted molar refractivity (Wildman–Crippen MR) is 196 cm³/mol. The number of hydrogen-bond acceptors (Lipinski definition) is 13. The number of hydrogen-bond donors (Lipinski definition) is 8. The first kappa shape index (κ1) is 42.4. The number of carboxylic acids is 3. The molecule has 4 aliphatic rings. The van der Waals surface area contributed by atoms with Crippen molar-refractivity contribution in [2.24, 2.45) is 23.7 Å². The Hall–Kier alpha value is -3.36. The fourth-order valence-electron chi connectivity index (χ4n) is 7.79. The highest BCUT2D eigenvalue weighted by Crippen LogP contribution is 2.49. The van der Waals surface area contributed by atoms with Gasteiger partial charge in [0.25, 0.3) is 5.91 Å². The summed E-state index contributed by atoms with van der Waals surface area (Å²) in [6.07, 6.45) is -2.14. The third kappa shape index (κ3) is 8.64. The van der Waals surface area contributed by atoms with Gasteiger partial charge in [0.2, 0.25) is 11.8 Å². The van der Waals surface area contributed by atoms with Crippen LogP contribution in [0.2, 0.25) is 0 Å². The number of carboxylic acid groups (broad SMARTS) is 3. The molecule has 0 aromatic rings. The van der Waals surface area contributed by atoms with E-state index in [0.29, 0.717) is 30.8 Å². The lowest BCUT2D eigenvalue weighted by atomic mass is 9.86. The summed E-state index contributed by atoms with van der Waals surface area (Å²) in [6.45, 7) is 6.57. The topological polar surface area (TPSA) is 249 Å². The van der Waals surface area contributed by atoms with Crippen LogP contribution in [0.4, 0.5) is 0 Å². The van der Waals surface area contributed by atoms with Crippen molar-refractivity contribution in [1.29, 1.82) is 0 Å². The van der Waals surface area contributed by atoms with Crippen LogP contribution in [0.15, 0.2) is 21.2 Å². The van der Waals surface area contributed by atoms with Crippen LogP contribution >= 0.6 is 23.5 Å². The molecule has 17 nitrogen and oxygen atoms in total. The maximum absolute atomic E-state index is 15.0. The van der Waals surface area contributed by atoms with E-state index in [0.717, 1.165) is 16.7 Å². The van der Waals surface area contributed by atoms with Crippen molar-refractivity contribution in [3.05, 3.63) is 21.2 Å². The van der Waals surface area contributed by atoms with E-state index in [1.165, 1.54) is 35.4 Å². The number of aliphatic hydroxyl groups excluding tert-OH is 2. The zero-order valence-corrected chi connectivity index (χ0v) is 32.7. The number of aliphatic carboxylic acids is 3. The van der Waals surface area contributed by atoms with Crippen LogP contribution in [-0.4, -0.2) is 164 Å². The number of carbonyl (C=O) groups is 6. The van der Waals surface area contributed by atoms with Gasteiger partial charge in [-0.2, -0.15) is 0 Å². The van der Waals surface area contributed by atoms with Crippen molar-refractivity contribution < 1.29 is 54.3 Å². The second-order valence-corrected chi connectivity index (χ2v) is 17.4. The normalized spacial score (nSPS) is 30.9. The van der Waals surface area contributed by atoms with E-state index in [1.807, 2.05) is 0 Å². The number of thioether (sulfide) groups is 2. The minimum absolute atomic E-state index is 0.141. The van der Waals surface area contributed by atoms with Crippen molar-refractivity contribution >= 4 is 59.2 Å². The van der Waals surface area contributed by atoms with Crippen molar-refractivity contribution in [1.82, 2.24) is 30.7 Å². The first-order valence-corrected chi connectivity index (χ1v) is 19.3. The highest BCUT2D eigenvalue weighted by Gasteiger charge is 2.54. The Morgan fingerprint density at radius 3 is 1.58 bits per heavy atom. The molecule has 8 N–H and O–H groups in total. The Labute approximate surface area is 316 Å². The molecule has 12 atom stereocenters. The lowest BCUT2D eigenvalue weighted by molar-refractivity contribution is -0.152. The first-order chi connectivity index (χ1) is 24.7. The Kier molecular flexibility index (Phi) is 13.6. The summed E-state index contributed by atoms with van der Waals surface area (Å²) >= 11 is 2.39. The lowest BCUT2D eigenvalue weighted by Crippen LogP contribution is -2.52. The molecule has 296 valence electrons. The quantitative estimate of drug-likeness (QED) is 0.108. The monoisotopic (exact) mass is 784 g/mol. The summed E-state index contributed by atoms with van der Waals surface area (Å²) in [4.78, 5) is 83.3. The summed E-state index contributed by atoms with van der Waals surface area (Å²) in [6, 6.07) is -3.42. The van der Waals surface area contributed by atoms with E-state index in [9.17, 15) is 49.5 Å². The van der Waals surface area contributed by atoms with E-state index in [4.69, 9.17) is 0 Å². The van der Waals surface area contributed by atoms with Crippen molar-refractivity contribution in [2.75, 3.05) is 41.3 Å². The molecule has 53 heavy (non-hydrogen) atoms. The summed E-state index contributed by atoms with van der Waals surface area (Å²) in [5.74, 6) is -10.1. The Morgan fingerprint density at radius 2 is 1.19 bits per heavy atom. The molecule has 0 aliphatic carbocycles. The molecule has 0 aromatic heterocycles. The van der Waals surface area contributed by atoms with Gasteiger partial charge in [-0.05, 0) is 26.7 Å². The average molecular weight is 785 g/mol. The van der Waals surface area contributed by atoms with Crippen LogP contribution in [0.5, 0.6) is 0 Å². The van der Waals surface area contributed by atoms with Crippen LogP contribution in [0, 0.1) is 23.7 Å². The maximum atomic E-state index is 15.0. The number of carbonyl (C=O) groups excluding carboxylic acids is 3. The van der Waals surface area contributed by atoms with Gasteiger partial charge < -0.3 is 51.3 Å². The third-order valence-electron chi connectivity index (χ3n) is 10.5. The highest BCUT2D eigenvalue weighted by molar-refractivity contribution is 8.04. The standard InChI is InChI=1S/C34H52N6O11S2/c1-13-23(21(15(3)41)32(46)47)37-24(27(13)52-17-9-19(35-11-17)29(43)38(5)6)31(45)40-25(22(16(4)42)33(48)49)14(2)28(26(40)34(50)51)53-18-10-20(36-12-18)30(44)39(7)8/h13-23,25,35-37,41-42H,9-12H2,1-8H3,(H,46,47)(H,48,49)(H,50,51)/t13-,14-,15-,16-,17+,18?,19+,20+,21-,22-,23-,25-/m1/s1. The smallest absolute Gasteiger partial charge is 0.353 e. The van der Waals surface area contributed by atoms with Gasteiger partial charge in [0, 0.05) is 79.5 Å². The summed E-state index contributed by atoms with van der Waals surface area (Å²) < 4.78 is 0. The van der Waals surface area contributed by atoms with Crippen LogP contribution < -0.4 is 16.0 Å². The molecule has 4 aliphatic heterocycles. The predicted octanol–water partition coefficient (Wildman–Crippen LogP) is -0.784. The molecule has 4 heterocycles. The van der Waals surface area contributed by atoms with Gasteiger partial charge in [-0.1, -0.05) is 13.8 Å². The SMILES string of the molecule is C[C@@H](O)[C@@H](C(=O)O)[C@@H]1NC(C(=O)N2C(C(=O)O)=C(SC3CN[C@H](C(=O)N(C)C)C3)[C@H](C)[C@@H]2[C@H](C(=O)O)[C@@H](C)O)=C(S[C@@H]2CN[C@H](C(=O)N(C)C)C2)[C@@H]1C. The Balaban J connectivity index is 1.83. The van der Waals surface area contributed by atoms with Crippen molar-refractivity contribution in [2.45, 2.75) is 87.4 Å². The number of rotatable bonds is 14. The second-order valence-electron chi connectivity index (χ2n) is 14.7. The zero-order chi connectivity index (χ0) is 39.8. The van der Waals surface area contributed by atoms with Crippen molar-refractivity contribution in [3.63, 3.8) is 0 Å². The minimum atomic E-state index is -1.63. The second kappa shape index (κ2) is 17.0. The van der Waals surface area contributed by atoms with Crippen LogP contribution in [-0.2, 0) is 28.8 Å². The Bertz CT molecular complexity index is 1550. The van der Waals surface area contributed by atoms with E-state index in [1.54, 1.807) is 42.0 Å². The van der Waals surface area contributed by atoms with Crippen LogP contribution in [0.3, 0.4) is 0 Å². The third-order valence-corrected chi connectivity index (χ3v) is 13.5. The lowest BCUT2D eigenvalue weighted by Gasteiger charge is -2.35. The molecule has 4 rings (SSSR count). The fraction of sp³-hybridized carbons (Fsp3) is 0.706. The Morgan fingerprint density at radius 1 is 0.736 bits per heavy atom. The molecule has 2 fully saturated rings. The number of amides is 3. The van der Waals surface area contributed by atoms with Gasteiger partial charge in [0.05, 0.1) is 30.3 Å². The van der Waals surface area contributed by atoms with Gasteiger partial charge in [0.15, 0.2) is 0 Å². The number of likely N-dealkylation sites (N-methyl/N-ethyl adjacent to an activating group) is 2. The van der Waals surface area contributed by atoms with Gasteiger partial charge in [-0.3, -0.25) is 28.9 Å². The molecule has 2 saturated heterocycles. The summed E-state index contributed by atoms with van der Waals surface area (Å²) in [5.41, 5.74) is -0.607. The van der Waals surface area contributed by atoms with E-state index in [-0.39, 0.29) is 32.9 Å². The van der Waals surface area contributed by atoms with E-state index in [2.05, 4.69) is 16.0 Å². The number of nitrogens with zero attached hydrogens (tertiary/aromatic N) is 3. The number of nitrogens with one attached hydrogen (secondary N) is 3. The van der Waals surface area contributed by atoms with E-state index >= 15 is 4.79 Å². The maximum Gasteiger partial charge on any atom is 0.353 e. The van der Waals surface area contributed by atoms with Gasteiger partial charge in [-0.25, -0.2) is 4.79 Å². The summed E-state index contributed by atoms with van der Waals surface area (Å²) in [7, 11) is 6.52. The molecule has 19 heteroatoms. The van der Waals surface area contributed by atoms with Crippen LogP contribution in [0.25, 0.3) is 0 Å². The largest absolute Gasteiger partial charge is 0.481 e. The molecule has 0 aromatic carbocycles. The average Bonchev–Trinajstić information content (AvgIpc) is 3.84. The molecule has 1 unspecified atom stereocenters. The van der Waals surface area contributed by atoms with Crippen molar-refractivity contribution in [3.8, 4) is 0 Å². The minimum Gasteiger partial charge on any atom is -0.481 e. The molecule has 0 bridgehead atoms. The summed E-state index contributed by atoms with van der Waals surface area (Å²) in [5, 5.41) is 61.4. The highest BCUT2D eigenvalue weighted by atomic mass is 32.2. The van der Waals surface area contributed by atoms with Gasteiger partial charge >= 0.3 is 17.9 Å². The number of aliphatic hydroxyl groups is 2. The van der Waals surface area contributed by atoms with E-state index < -0.39 is 89.6 Å². The van der Waals surface area contributed by atoms with Gasteiger partial charge in [-0.15, -0.1) is 23.5 Å². The first-order valence-electron chi connectivity index (χ1n) is 17.5. The molecule has 3 amide bonds. The fourth-order valence-corrected chi connectivity index (χ4v) is 10.7. The molecule has 0 spiro atoms.